The van der Waals surface area contributed by atoms with Gasteiger partial charge in [-0.1, -0.05) is 32.0 Å². The van der Waals surface area contributed by atoms with Crippen molar-refractivity contribution < 1.29 is 23.6 Å². The number of carbonyl (C=O) groups excluding carboxylic acids is 1. The highest BCUT2D eigenvalue weighted by Crippen LogP contribution is 2.33. The van der Waals surface area contributed by atoms with Gasteiger partial charge in [0.1, 0.15) is 11.3 Å². The van der Waals surface area contributed by atoms with Crippen LogP contribution in [0.4, 0.5) is 11.4 Å². The number of para-hydroxylation sites is 2. The molecule has 0 saturated carbocycles. The molecule has 34 heavy (non-hydrogen) atoms. The molecule has 0 saturated heterocycles. The lowest BCUT2D eigenvalue weighted by Gasteiger charge is -2.12. The SMILES string of the molecule is COc1ccc(-c2nc3cc(C(C)C)ccc3o2)cc1NC(=O)COc1ccccc1[N+](=O)[O-]. The summed E-state index contributed by atoms with van der Waals surface area (Å²) in [5.74, 6) is 0.710. The molecule has 1 aromatic heterocycles. The largest absolute Gasteiger partial charge is 0.495 e. The number of rotatable bonds is 8. The van der Waals surface area contributed by atoms with Crippen LogP contribution in [0.1, 0.15) is 25.3 Å². The first-order chi connectivity index (χ1) is 16.4. The van der Waals surface area contributed by atoms with Crippen LogP contribution >= 0.6 is 0 Å². The van der Waals surface area contributed by atoms with Crippen LogP contribution in [0.5, 0.6) is 11.5 Å². The summed E-state index contributed by atoms with van der Waals surface area (Å²) in [4.78, 5) is 27.7. The lowest BCUT2D eigenvalue weighted by atomic mass is 10.0. The molecule has 0 aliphatic rings. The lowest BCUT2D eigenvalue weighted by molar-refractivity contribution is -0.385. The molecule has 0 bridgehead atoms. The number of hydrogen-bond acceptors (Lipinski definition) is 7. The third kappa shape index (κ3) is 4.83. The number of fused-ring (bicyclic) bond motifs is 1. The van der Waals surface area contributed by atoms with E-state index in [9.17, 15) is 14.9 Å². The van der Waals surface area contributed by atoms with E-state index >= 15 is 0 Å². The second-order valence-corrected chi connectivity index (χ2v) is 7.88. The van der Waals surface area contributed by atoms with E-state index in [0.29, 0.717) is 34.4 Å². The van der Waals surface area contributed by atoms with Gasteiger partial charge in [-0.15, -0.1) is 0 Å². The fraction of sp³-hybridized carbons (Fsp3) is 0.200. The fourth-order valence-corrected chi connectivity index (χ4v) is 3.43. The Bertz CT molecular complexity index is 1360. The van der Waals surface area contributed by atoms with E-state index in [-0.39, 0.29) is 11.4 Å². The van der Waals surface area contributed by atoms with E-state index in [1.54, 1.807) is 24.3 Å². The summed E-state index contributed by atoms with van der Waals surface area (Å²) in [5.41, 5.74) is 3.40. The zero-order valence-electron chi connectivity index (χ0n) is 18.9. The Labute approximate surface area is 195 Å². The molecule has 0 aliphatic heterocycles. The lowest BCUT2D eigenvalue weighted by Crippen LogP contribution is -2.20. The van der Waals surface area contributed by atoms with Crippen molar-refractivity contribution in [3.05, 3.63) is 76.3 Å². The van der Waals surface area contributed by atoms with Crippen molar-refractivity contribution in [2.45, 2.75) is 19.8 Å². The maximum atomic E-state index is 12.5. The number of nitrogens with one attached hydrogen (secondary N) is 1. The summed E-state index contributed by atoms with van der Waals surface area (Å²) >= 11 is 0. The molecule has 9 heteroatoms. The minimum Gasteiger partial charge on any atom is -0.495 e. The van der Waals surface area contributed by atoms with Crippen LogP contribution < -0.4 is 14.8 Å². The van der Waals surface area contributed by atoms with Crippen LogP contribution in [0.25, 0.3) is 22.6 Å². The van der Waals surface area contributed by atoms with Crippen molar-refractivity contribution in [2.75, 3.05) is 19.0 Å². The number of methoxy groups -OCH3 is 1. The summed E-state index contributed by atoms with van der Waals surface area (Å²) < 4.78 is 16.6. The Morgan fingerprint density at radius 3 is 2.65 bits per heavy atom. The molecule has 9 nitrogen and oxygen atoms in total. The first-order valence-electron chi connectivity index (χ1n) is 10.6. The first kappa shape index (κ1) is 22.8. The maximum Gasteiger partial charge on any atom is 0.310 e. The normalized spacial score (nSPS) is 10.9. The summed E-state index contributed by atoms with van der Waals surface area (Å²) in [6, 6.07) is 16.9. The van der Waals surface area contributed by atoms with Gasteiger partial charge in [-0.2, -0.15) is 0 Å². The van der Waals surface area contributed by atoms with Crippen molar-refractivity contribution in [3.8, 4) is 23.0 Å². The summed E-state index contributed by atoms with van der Waals surface area (Å²) in [5, 5.41) is 13.8. The zero-order valence-corrected chi connectivity index (χ0v) is 18.9. The molecule has 0 aliphatic carbocycles. The summed E-state index contributed by atoms with van der Waals surface area (Å²) in [6.07, 6.45) is 0. The molecule has 1 heterocycles. The number of carbonyl (C=O) groups is 1. The number of nitro groups is 1. The zero-order chi connectivity index (χ0) is 24.2. The molecule has 0 unspecified atom stereocenters. The third-order valence-corrected chi connectivity index (χ3v) is 5.22. The first-order valence-corrected chi connectivity index (χ1v) is 10.6. The molecule has 0 fully saturated rings. The van der Waals surface area contributed by atoms with Gasteiger partial charge in [0.2, 0.25) is 5.89 Å². The number of ether oxygens (including phenoxy) is 2. The number of benzene rings is 3. The molecule has 174 valence electrons. The Kier molecular flexibility index (Phi) is 6.44. The number of hydrogen-bond donors (Lipinski definition) is 1. The molecule has 3 aromatic carbocycles. The van der Waals surface area contributed by atoms with E-state index in [2.05, 4.69) is 24.1 Å². The molecule has 4 rings (SSSR count). The van der Waals surface area contributed by atoms with E-state index < -0.39 is 17.4 Å². The van der Waals surface area contributed by atoms with Crippen LogP contribution in [0.15, 0.2) is 65.1 Å². The monoisotopic (exact) mass is 461 g/mol. The van der Waals surface area contributed by atoms with Gasteiger partial charge in [0.15, 0.2) is 17.9 Å². The number of amides is 1. The smallest absolute Gasteiger partial charge is 0.310 e. The van der Waals surface area contributed by atoms with E-state index in [4.69, 9.17) is 13.9 Å². The molecular weight excluding hydrogens is 438 g/mol. The Morgan fingerprint density at radius 1 is 1.12 bits per heavy atom. The average Bonchev–Trinajstić information content (AvgIpc) is 3.26. The highest BCUT2D eigenvalue weighted by Gasteiger charge is 2.17. The van der Waals surface area contributed by atoms with Crippen molar-refractivity contribution in [2.24, 2.45) is 0 Å². The second kappa shape index (κ2) is 9.62. The van der Waals surface area contributed by atoms with Crippen molar-refractivity contribution >= 4 is 28.4 Å². The van der Waals surface area contributed by atoms with Gasteiger partial charge in [0.05, 0.1) is 17.7 Å². The van der Waals surface area contributed by atoms with Gasteiger partial charge in [-0.3, -0.25) is 14.9 Å². The van der Waals surface area contributed by atoms with Gasteiger partial charge >= 0.3 is 5.69 Å². The standard InChI is InChI=1S/C25H23N3O6/c1-15(2)16-8-11-22-19(12-16)27-25(34-22)17-9-10-21(32-3)18(13-17)26-24(29)14-33-23-7-5-4-6-20(23)28(30)31/h4-13,15H,14H2,1-3H3,(H,26,29). The molecule has 1 N–H and O–H groups in total. The number of nitro benzene ring substituents is 1. The van der Waals surface area contributed by atoms with Crippen LogP contribution in [0.3, 0.4) is 0 Å². The van der Waals surface area contributed by atoms with Gasteiger partial charge in [0, 0.05) is 11.6 Å². The number of oxazole rings is 1. The fourth-order valence-electron chi connectivity index (χ4n) is 3.43. The van der Waals surface area contributed by atoms with E-state index in [1.165, 1.54) is 25.3 Å². The van der Waals surface area contributed by atoms with Crippen molar-refractivity contribution in [1.82, 2.24) is 4.98 Å². The number of aromatic nitrogens is 1. The maximum absolute atomic E-state index is 12.5. The van der Waals surface area contributed by atoms with E-state index in [0.717, 1.165) is 11.1 Å². The quantitative estimate of drug-likeness (QED) is 0.270. The van der Waals surface area contributed by atoms with Crippen molar-refractivity contribution in [3.63, 3.8) is 0 Å². The van der Waals surface area contributed by atoms with Gasteiger partial charge < -0.3 is 19.2 Å². The van der Waals surface area contributed by atoms with Gasteiger partial charge in [-0.05, 0) is 47.9 Å². The molecule has 0 spiro atoms. The minimum absolute atomic E-state index is 0.00982. The Hall–Kier alpha value is -4.40. The minimum atomic E-state index is -0.565. The van der Waals surface area contributed by atoms with E-state index in [1.807, 2.05) is 18.2 Å². The average molecular weight is 461 g/mol. The van der Waals surface area contributed by atoms with Crippen molar-refractivity contribution in [1.29, 1.82) is 0 Å². The molecular formula is C25H23N3O6. The Morgan fingerprint density at radius 2 is 1.91 bits per heavy atom. The topological polar surface area (TPSA) is 117 Å². The molecule has 1 amide bonds. The molecule has 4 aromatic rings. The predicted octanol–water partition coefficient (Wildman–Crippen LogP) is 5.55. The molecule has 0 atom stereocenters. The number of anilines is 1. The Balaban J connectivity index is 1.54. The van der Waals surface area contributed by atoms with Crippen LogP contribution in [0.2, 0.25) is 0 Å². The summed E-state index contributed by atoms with van der Waals surface area (Å²) in [6.45, 7) is 3.81. The van der Waals surface area contributed by atoms with Gasteiger partial charge in [0.25, 0.3) is 5.91 Å². The number of nitrogens with zero attached hydrogens (tertiary/aromatic N) is 2. The predicted molar refractivity (Wildman–Crippen MR) is 127 cm³/mol. The van der Waals surface area contributed by atoms with Gasteiger partial charge in [-0.25, -0.2) is 4.98 Å². The summed E-state index contributed by atoms with van der Waals surface area (Å²) in [7, 11) is 1.49. The molecule has 0 radical (unpaired) electrons. The van der Waals surface area contributed by atoms with Crippen LogP contribution in [0, 0.1) is 10.1 Å². The third-order valence-electron chi connectivity index (χ3n) is 5.22. The highest BCUT2D eigenvalue weighted by molar-refractivity contribution is 5.94. The van der Waals surface area contributed by atoms with Crippen LogP contribution in [-0.2, 0) is 4.79 Å². The second-order valence-electron chi connectivity index (χ2n) is 7.88. The van der Waals surface area contributed by atoms with Crippen LogP contribution in [-0.4, -0.2) is 29.5 Å². The highest BCUT2D eigenvalue weighted by atomic mass is 16.6.